The number of hydrogen-bond donors (Lipinski definition) is 6. The number of benzene rings is 3. The highest BCUT2D eigenvalue weighted by Crippen LogP contribution is 2.42. The predicted octanol–water partition coefficient (Wildman–Crippen LogP) is 9.55. The summed E-state index contributed by atoms with van der Waals surface area (Å²) in [5.74, 6) is -0.392. The minimum atomic E-state index is -4.65. The Balaban J connectivity index is 0.000000242. The molecule has 6 aromatic rings. The van der Waals surface area contributed by atoms with Crippen molar-refractivity contribution in [2.24, 2.45) is 0 Å². The van der Waals surface area contributed by atoms with E-state index in [4.69, 9.17) is 9.29 Å². The van der Waals surface area contributed by atoms with Gasteiger partial charge in [0, 0.05) is 79.2 Å². The molecule has 1 amide bonds. The van der Waals surface area contributed by atoms with Gasteiger partial charge in [-0.3, -0.25) is 18.8 Å². The first-order valence-electron chi connectivity index (χ1n) is 25.2. The first-order valence-corrected chi connectivity index (χ1v) is 30.4. The van der Waals surface area contributed by atoms with E-state index in [-0.39, 0.29) is 29.3 Å². The number of carbonyl (C=O) groups is 2. The van der Waals surface area contributed by atoms with Gasteiger partial charge in [0.25, 0.3) is 26.0 Å². The number of halogens is 3. The van der Waals surface area contributed by atoms with Crippen molar-refractivity contribution >= 4 is 75.8 Å². The molecule has 1 saturated heterocycles. The fraction of sp³-hybridized carbons (Fsp3) is 0.370. The number of nitrogens with one attached hydrogen (secondary N) is 4. The van der Waals surface area contributed by atoms with Crippen molar-refractivity contribution in [3.63, 3.8) is 0 Å². The maximum Gasteiger partial charge on any atom is 0.417 e. The van der Waals surface area contributed by atoms with Crippen molar-refractivity contribution in [3.05, 3.63) is 149 Å². The molecule has 25 heteroatoms. The molecule has 2 atom stereocenters. The summed E-state index contributed by atoms with van der Waals surface area (Å²) in [4.78, 5) is 41.7. The molecule has 5 heterocycles. The number of rotatable bonds is 17. The highest BCUT2D eigenvalue weighted by atomic mass is 32.2. The molecule has 1 fully saturated rings. The summed E-state index contributed by atoms with van der Waals surface area (Å²) in [5.41, 5.74) is 2.76. The number of nitrogens with zero attached hydrogens (tertiary/aromatic N) is 4. The monoisotopic (exact) mass is 1150 g/mol. The molecule has 6 N–H and O–H groups in total. The van der Waals surface area contributed by atoms with Crippen LogP contribution >= 0.6 is 0 Å². The van der Waals surface area contributed by atoms with Gasteiger partial charge in [0.1, 0.15) is 17.1 Å². The summed E-state index contributed by atoms with van der Waals surface area (Å²) < 4.78 is 124. The zero-order valence-corrected chi connectivity index (χ0v) is 46.9. The zero-order valence-electron chi connectivity index (χ0n) is 44.4. The van der Waals surface area contributed by atoms with Gasteiger partial charge in [-0.1, -0.05) is 62.7 Å². The third kappa shape index (κ3) is 17.4. The fourth-order valence-corrected chi connectivity index (χ4v) is 10.8. The molecule has 2 aliphatic heterocycles. The average Bonchev–Trinajstić information content (AvgIpc) is 3.83. The third-order valence-electron chi connectivity index (χ3n) is 12.6. The molecule has 426 valence electrons. The van der Waals surface area contributed by atoms with Crippen molar-refractivity contribution in [3.8, 4) is 0 Å². The number of H-pyrrole nitrogens is 1. The van der Waals surface area contributed by atoms with Gasteiger partial charge >= 0.3 is 12.1 Å². The van der Waals surface area contributed by atoms with Crippen molar-refractivity contribution in [2.75, 3.05) is 58.4 Å². The predicted molar refractivity (Wildman–Crippen MR) is 298 cm³/mol. The fourth-order valence-electron chi connectivity index (χ4n) is 9.26. The average molecular weight is 1160 g/mol. The Kier molecular flexibility index (Phi) is 19.9. The highest BCUT2D eigenvalue weighted by molar-refractivity contribution is 7.92. The maximum absolute atomic E-state index is 13.4. The van der Waals surface area contributed by atoms with E-state index in [1.807, 2.05) is 61.2 Å². The second-order valence-electron chi connectivity index (χ2n) is 19.5. The molecule has 8 rings (SSSR count). The molecule has 3 aromatic heterocycles. The molecule has 0 spiro atoms. The topological polar surface area (TPSA) is 270 Å². The first-order chi connectivity index (χ1) is 37.1. The summed E-state index contributed by atoms with van der Waals surface area (Å²) in [5, 5.41) is 14.9. The second-order valence-corrected chi connectivity index (χ2v) is 24.3. The number of cyclic esters (lactones) is 1. The Hall–Kier alpha value is -7.22. The number of hydrogen-bond acceptors (Lipinski definition) is 14. The van der Waals surface area contributed by atoms with Crippen molar-refractivity contribution < 1.29 is 62.4 Å². The van der Waals surface area contributed by atoms with Crippen LogP contribution in [-0.2, 0) is 52.3 Å². The summed E-state index contributed by atoms with van der Waals surface area (Å²) in [6.07, 6.45) is 2.60. The first kappa shape index (κ1) is 61.0. The van der Waals surface area contributed by atoms with E-state index in [0.717, 1.165) is 46.7 Å². The molecule has 2 aliphatic rings. The molecular formula is C54H65F3N8O11S3. The molecule has 79 heavy (non-hydrogen) atoms. The molecule has 0 saturated carbocycles. The number of aromatic amines is 1. The van der Waals surface area contributed by atoms with Crippen molar-refractivity contribution in [1.29, 1.82) is 0 Å². The van der Waals surface area contributed by atoms with E-state index in [1.54, 1.807) is 42.6 Å². The summed E-state index contributed by atoms with van der Waals surface area (Å²) in [6.45, 7) is 10.6. The number of aliphatic hydroxyl groups excluding tert-OH is 1. The minimum absolute atomic E-state index is 0.0421. The normalized spacial score (nSPS) is 16.5. The van der Waals surface area contributed by atoms with Crippen LogP contribution in [0.5, 0.6) is 0 Å². The number of esters is 1. The largest absolute Gasteiger partial charge is 0.512 e. The number of anilines is 4. The van der Waals surface area contributed by atoms with E-state index in [1.165, 1.54) is 12.1 Å². The maximum atomic E-state index is 13.4. The number of pyridine rings is 2. The molecule has 19 nitrogen and oxygen atoms in total. The van der Waals surface area contributed by atoms with Crippen LogP contribution in [0.2, 0.25) is 0 Å². The van der Waals surface area contributed by atoms with Crippen LogP contribution in [0.4, 0.5) is 36.1 Å². The number of ether oxygens (including phenoxy) is 1. The van der Waals surface area contributed by atoms with Gasteiger partial charge in [0.2, 0.25) is 10.0 Å². The Morgan fingerprint density at radius 2 is 1.52 bits per heavy atom. The number of aromatic nitrogens is 3. The number of fused-ring (bicyclic) bond motifs is 1. The zero-order chi connectivity index (χ0) is 57.9. The van der Waals surface area contributed by atoms with Crippen LogP contribution < -0.4 is 19.7 Å². The molecule has 0 unspecified atom stereocenters. The van der Waals surface area contributed by atoms with E-state index >= 15 is 0 Å². The van der Waals surface area contributed by atoms with Gasteiger partial charge in [0.15, 0.2) is 10.8 Å². The quantitative estimate of drug-likeness (QED) is 0.0367. The minimum Gasteiger partial charge on any atom is -0.512 e. The molecule has 0 radical (unpaired) electrons. The molecule has 0 bridgehead atoms. The number of carbonyl (C=O) groups excluding carboxylic acids is 2. The number of aliphatic hydroxyl groups is 1. The van der Waals surface area contributed by atoms with Gasteiger partial charge in [-0.2, -0.15) is 30.0 Å². The van der Waals surface area contributed by atoms with Gasteiger partial charge in [-0.25, -0.2) is 23.2 Å². The Morgan fingerprint density at radius 3 is 2.11 bits per heavy atom. The van der Waals surface area contributed by atoms with Crippen molar-refractivity contribution in [1.82, 2.24) is 19.9 Å². The second kappa shape index (κ2) is 25.7. The van der Waals surface area contributed by atoms with E-state index in [9.17, 15) is 53.1 Å². The van der Waals surface area contributed by atoms with Crippen LogP contribution in [0.1, 0.15) is 92.9 Å². The smallest absolute Gasteiger partial charge is 0.417 e. The van der Waals surface area contributed by atoms with Gasteiger partial charge in [0.05, 0.1) is 29.3 Å². The Morgan fingerprint density at radius 1 is 0.835 bits per heavy atom. The lowest BCUT2D eigenvalue weighted by Crippen LogP contribution is -2.49. The standard InChI is InChI=1S/C31H33F3N2O5S.C22H28N6O3S.CH4O3S/c1-3-16-30(17-15-21-9-6-5-7-10-21)19-26(37)28(29(38)41-30)25(4-2)22-11-8-12-24(18-22)36-42(39,40)27-14-13-23(20-35-27)31(32,33)34;1-15(2)24-19-5-4-8-23-21(19)27-9-11-28(12-10-27)22(29)20-14-16-13-17(26-32(3,30)31)6-7-18(16)25-20;1-5(2,3)4/h5-14,18,20,25,36-37H,3-4,15-17,19H2,1-2H3;4-8,13-15,24-26H,9-12H2,1-3H3;1H3,(H,2,3,4)/t25-,30-;;/m1../s1. The summed E-state index contributed by atoms with van der Waals surface area (Å²) in [7, 11) is -11.3. The van der Waals surface area contributed by atoms with Crippen LogP contribution in [0.15, 0.2) is 132 Å². The van der Waals surface area contributed by atoms with Crippen LogP contribution in [0.25, 0.3) is 10.9 Å². The van der Waals surface area contributed by atoms with Gasteiger partial charge in [-0.05, 0) is 111 Å². The van der Waals surface area contributed by atoms with Crippen LogP contribution in [0, 0.1) is 0 Å². The molecule has 3 aromatic carbocycles. The van der Waals surface area contributed by atoms with Crippen LogP contribution in [0.3, 0.4) is 0 Å². The van der Waals surface area contributed by atoms with E-state index in [0.29, 0.717) is 93.4 Å². The summed E-state index contributed by atoms with van der Waals surface area (Å²) in [6, 6.07) is 28.7. The lowest BCUT2D eigenvalue weighted by molar-refractivity contribution is -0.161. The number of aryl methyl sites for hydroxylation is 1. The lowest BCUT2D eigenvalue weighted by Gasteiger charge is -2.38. The van der Waals surface area contributed by atoms with E-state index < -0.39 is 64.4 Å². The van der Waals surface area contributed by atoms with E-state index in [2.05, 4.69) is 48.5 Å². The number of piperazine rings is 1. The molecule has 0 aliphatic carbocycles. The SMILES string of the molecule is CC(C)Nc1cccnc1N1CCN(C(=O)c2cc3cc(NS(C)(=O)=O)ccc3[nH]2)CC1.CCC[C@@]1(CCc2ccccc2)CC(O)=C([C@H](CC)c2cccc(NS(=O)(=O)c3ccc(C(F)(F)F)cn3)c2)C(=O)O1.CS(=O)(=O)O. The van der Waals surface area contributed by atoms with Gasteiger partial charge in [-0.15, -0.1) is 0 Å². The number of alkyl halides is 3. The molecular weight excluding hydrogens is 1090 g/mol. The number of amides is 1. The Labute approximate surface area is 458 Å². The summed E-state index contributed by atoms with van der Waals surface area (Å²) >= 11 is 0. The van der Waals surface area contributed by atoms with Crippen LogP contribution in [-0.4, -0.2) is 117 Å². The highest BCUT2D eigenvalue weighted by Gasteiger charge is 2.43. The Bertz CT molecular complexity index is 3460. The lowest BCUT2D eigenvalue weighted by atomic mass is 9.80. The third-order valence-corrected chi connectivity index (χ3v) is 14.5. The van der Waals surface area contributed by atoms with Crippen molar-refractivity contribution in [2.45, 2.75) is 95.0 Å². The number of sulfonamides is 2. The van der Waals surface area contributed by atoms with Gasteiger partial charge < -0.3 is 29.9 Å².